The highest BCUT2D eigenvalue weighted by Gasteiger charge is 2.28. The molecule has 0 bridgehead atoms. The molecule has 2 saturated heterocycles. The average molecular weight is 269 g/mol. The van der Waals surface area contributed by atoms with Crippen molar-refractivity contribution in [2.45, 2.75) is 51.8 Å². The van der Waals surface area contributed by atoms with Crippen LogP contribution in [0.4, 0.5) is 0 Å². The van der Waals surface area contributed by atoms with Gasteiger partial charge in [0.05, 0.1) is 12.7 Å². The third-order valence-corrected chi connectivity index (χ3v) is 4.53. The summed E-state index contributed by atoms with van der Waals surface area (Å²) in [4.78, 5) is 5.13. The van der Waals surface area contributed by atoms with Crippen molar-refractivity contribution in [1.29, 1.82) is 0 Å². The first-order valence-electron chi connectivity index (χ1n) is 8.04. The fourth-order valence-corrected chi connectivity index (χ4v) is 3.23. The molecule has 0 aliphatic carbocycles. The summed E-state index contributed by atoms with van der Waals surface area (Å²) in [5.41, 5.74) is 0. The monoisotopic (exact) mass is 269 g/mol. The third kappa shape index (κ3) is 4.42. The summed E-state index contributed by atoms with van der Waals surface area (Å²) < 4.78 is 5.95. The van der Waals surface area contributed by atoms with E-state index in [4.69, 9.17) is 4.74 Å². The van der Waals surface area contributed by atoms with Gasteiger partial charge in [0.2, 0.25) is 0 Å². The topological polar surface area (TPSA) is 27.7 Å². The summed E-state index contributed by atoms with van der Waals surface area (Å²) in [7, 11) is 0. The van der Waals surface area contributed by atoms with Crippen LogP contribution in [0.5, 0.6) is 0 Å². The number of piperazine rings is 1. The van der Waals surface area contributed by atoms with E-state index in [0.29, 0.717) is 18.2 Å². The van der Waals surface area contributed by atoms with Crippen LogP contribution in [0, 0.1) is 0 Å². The molecule has 2 aliphatic heterocycles. The number of nitrogens with zero attached hydrogens (tertiary/aromatic N) is 2. The average Bonchev–Trinajstić information content (AvgIpc) is 2.43. The third-order valence-electron chi connectivity index (χ3n) is 4.53. The highest BCUT2D eigenvalue weighted by atomic mass is 16.5. The molecular weight excluding hydrogens is 238 g/mol. The molecule has 0 amide bonds. The minimum atomic E-state index is 0.400. The van der Waals surface area contributed by atoms with Gasteiger partial charge in [-0.1, -0.05) is 20.3 Å². The van der Waals surface area contributed by atoms with Gasteiger partial charge >= 0.3 is 0 Å². The van der Waals surface area contributed by atoms with E-state index in [1.54, 1.807) is 0 Å². The summed E-state index contributed by atoms with van der Waals surface area (Å²) in [5, 5.41) is 3.66. The molecule has 2 fully saturated rings. The lowest BCUT2D eigenvalue weighted by Gasteiger charge is -2.42. The van der Waals surface area contributed by atoms with E-state index >= 15 is 0 Å². The van der Waals surface area contributed by atoms with Crippen LogP contribution in [0.1, 0.15) is 33.6 Å². The van der Waals surface area contributed by atoms with Crippen LogP contribution in [0.3, 0.4) is 0 Å². The van der Waals surface area contributed by atoms with Gasteiger partial charge in [-0.15, -0.1) is 0 Å². The zero-order chi connectivity index (χ0) is 13.7. The van der Waals surface area contributed by atoms with Crippen LogP contribution in [-0.2, 0) is 4.74 Å². The second-order valence-corrected chi connectivity index (χ2v) is 6.08. The van der Waals surface area contributed by atoms with Gasteiger partial charge in [-0.3, -0.25) is 9.80 Å². The van der Waals surface area contributed by atoms with Gasteiger partial charge in [0.25, 0.3) is 0 Å². The van der Waals surface area contributed by atoms with Crippen LogP contribution in [0.25, 0.3) is 0 Å². The van der Waals surface area contributed by atoms with Gasteiger partial charge in [-0.2, -0.15) is 0 Å². The van der Waals surface area contributed by atoms with E-state index < -0.39 is 0 Å². The van der Waals surface area contributed by atoms with E-state index in [1.165, 1.54) is 19.4 Å². The SMILES string of the molecule is CCCC1CN(CC2CN(CC)CCO2)C(C)CN1. The van der Waals surface area contributed by atoms with Crippen LogP contribution in [-0.4, -0.2) is 73.9 Å². The summed E-state index contributed by atoms with van der Waals surface area (Å²) in [6, 6.07) is 1.31. The molecule has 112 valence electrons. The van der Waals surface area contributed by atoms with E-state index in [-0.39, 0.29) is 0 Å². The Hall–Kier alpha value is -0.160. The Balaban J connectivity index is 1.82. The number of likely N-dealkylation sites (N-methyl/N-ethyl adjacent to an activating group) is 1. The maximum Gasteiger partial charge on any atom is 0.0829 e. The maximum absolute atomic E-state index is 5.95. The molecule has 0 radical (unpaired) electrons. The number of hydrogen-bond acceptors (Lipinski definition) is 4. The molecule has 0 aromatic heterocycles. The molecule has 3 unspecified atom stereocenters. The predicted molar refractivity (Wildman–Crippen MR) is 79.6 cm³/mol. The summed E-state index contributed by atoms with van der Waals surface area (Å²) in [5.74, 6) is 0. The lowest BCUT2D eigenvalue weighted by Crippen LogP contribution is -2.58. The molecule has 2 aliphatic rings. The molecule has 0 spiro atoms. The van der Waals surface area contributed by atoms with Crippen molar-refractivity contribution in [1.82, 2.24) is 15.1 Å². The summed E-state index contributed by atoms with van der Waals surface area (Å²) in [6.07, 6.45) is 2.95. The molecule has 2 rings (SSSR count). The lowest BCUT2D eigenvalue weighted by molar-refractivity contribution is -0.0508. The zero-order valence-electron chi connectivity index (χ0n) is 12.9. The standard InChI is InChI=1S/C15H31N3O/c1-4-6-14-10-18(13(3)9-16-14)12-15-11-17(5-2)7-8-19-15/h13-16H,4-12H2,1-3H3. The molecule has 1 N–H and O–H groups in total. The smallest absolute Gasteiger partial charge is 0.0829 e. The van der Waals surface area contributed by atoms with E-state index in [0.717, 1.165) is 39.3 Å². The van der Waals surface area contributed by atoms with Gasteiger partial charge < -0.3 is 10.1 Å². The Morgan fingerprint density at radius 1 is 1.26 bits per heavy atom. The van der Waals surface area contributed by atoms with Crippen molar-refractivity contribution >= 4 is 0 Å². The highest BCUT2D eigenvalue weighted by Crippen LogP contribution is 2.14. The zero-order valence-corrected chi connectivity index (χ0v) is 12.9. The first kappa shape index (κ1) is 15.2. The Kier molecular flexibility index (Phi) is 6.07. The quantitative estimate of drug-likeness (QED) is 0.811. The van der Waals surface area contributed by atoms with Crippen LogP contribution >= 0.6 is 0 Å². The Bertz CT molecular complexity index is 262. The normalized spacial score (nSPS) is 34.6. The molecule has 4 heteroatoms. The largest absolute Gasteiger partial charge is 0.374 e. The first-order chi connectivity index (χ1) is 9.22. The molecule has 0 saturated carbocycles. The van der Waals surface area contributed by atoms with E-state index in [9.17, 15) is 0 Å². The van der Waals surface area contributed by atoms with Crippen molar-refractivity contribution in [3.8, 4) is 0 Å². The van der Waals surface area contributed by atoms with Crippen LogP contribution in [0.15, 0.2) is 0 Å². The van der Waals surface area contributed by atoms with Crippen molar-refractivity contribution in [2.24, 2.45) is 0 Å². The summed E-state index contributed by atoms with van der Waals surface area (Å²) in [6.45, 7) is 14.5. The fourth-order valence-electron chi connectivity index (χ4n) is 3.23. The fraction of sp³-hybridized carbons (Fsp3) is 1.00. The number of ether oxygens (including phenoxy) is 1. The van der Waals surface area contributed by atoms with Gasteiger partial charge in [-0.05, 0) is 19.9 Å². The number of morpholine rings is 1. The minimum Gasteiger partial charge on any atom is -0.374 e. The first-order valence-corrected chi connectivity index (χ1v) is 8.04. The lowest BCUT2D eigenvalue weighted by atomic mass is 10.1. The molecule has 3 atom stereocenters. The number of hydrogen-bond donors (Lipinski definition) is 1. The number of rotatable bonds is 5. The Morgan fingerprint density at radius 3 is 2.84 bits per heavy atom. The highest BCUT2D eigenvalue weighted by molar-refractivity contribution is 4.86. The van der Waals surface area contributed by atoms with Gasteiger partial charge in [0, 0.05) is 44.8 Å². The Labute approximate surface area is 118 Å². The molecule has 4 nitrogen and oxygen atoms in total. The second-order valence-electron chi connectivity index (χ2n) is 6.08. The molecular formula is C15H31N3O. The molecule has 2 heterocycles. The molecule has 19 heavy (non-hydrogen) atoms. The molecule has 0 aromatic rings. The van der Waals surface area contributed by atoms with Gasteiger partial charge in [0.1, 0.15) is 0 Å². The van der Waals surface area contributed by atoms with Gasteiger partial charge in [-0.25, -0.2) is 0 Å². The van der Waals surface area contributed by atoms with E-state index in [2.05, 4.69) is 35.9 Å². The van der Waals surface area contributed by atoms with Crippen molar-refractivity contribution in [3.63, 3.8) is 0 Å². The summed E-state index contributed by atoms with van der Waals surface area (Å²) >= 11 is 0. The Morgan fingerprint density at radius 2 is 2.11 bits per heavy atom. The van der Waals surface area contributed by atoms with Crippen LogP contribution in [0.2, 0.25) is 0 Å². The van der Waals surface area contributed by atoms with E-state index in [1.807, 2.05) is 0 Å². The maximum atomic E-state index is 5.95. The molecule has 0 aromatic carbocycles. The number of nitrogens with one attached hydrogen (secondary N) is 1. The minimum absolute atomic E-state index is 0.400. The van der Waals surface area contributed by atoms with Crippen molar-refractivity contribution in [3.05, 3.63) is 0 Å². The van der Waals surface area contributed by atoms with Gasteiger partial charge in [0.15, 0.2) is 0 Å². The predicted octanol–water partition coefficient (Wildman–Crippen LogP) is 1.17. The second kappa shape index (κ2) is 7.58. The van der Waals surface area contributed by atoms with Crippen LogP contribution < -0.4 is 5.32 Å². The van der Waals surface area contributed by atoms with Crippen molar-refractivity contribution < 1.29 is 4.74 Å². The van der Waals surface area contributed by atoms with Crippen molar-refractivity contribution in [2.75, 3.05) is 45.9 Å².